The summed E-state index contributed by atoms with van der Waals surface area (Å²) in [6.07, 6.45) is 3.86. The molecule has 1 aliphatic heterocycles. The number of morpholine rings is 1. The number of ether oxygens (including phenoxy) is 1. The van der Waals surface area contributed by atoms with Gasteiger partial charge in [0.2, 0.25) is 5.91 Å². The Labute approximate surface area is 144 Å². The van der Waals surface area contributed by atoms with Gasteiger partial charge >= 0.3 is 0 Å². The lowest BCUT2D eigenvalue weighted by atomic mass is 10.1. The average Bonchev–Trinajstić information content (AvgIpc) is 2.95. The molecule has 5 nitrogen and oxygen atoms in total. The molecule has 3 rings (SSSR count). The van der Waals surface area contributed by atoms with Gasteiger partial charge in [-0.2, -0.15) is 5.10 Å². The Morgan fingerprint density at radius 1 is 1.30 bits per heavy atom. The standard InChI is InChI=1S/C17H20BrN3O2/c1-12-8-20(9-13(2)23-12)17(22)11-21-10-15(7-19-21)14-4-3-5-16(18)6-14/h3-7,10,12-13H,8-9,11H2,1-2H3/t12-,13-/m0/s1. The summed E-state index contributed by atoms with van der Waals surface area (Å²) in [6.45, 7) is 5.53. The summed E-state index contributed by atoms with van der Waals surface area (Å²) in [6, 6.07) is 8.03. The molecule has 2 aromatic rings. The lowest BCUT2D eigenvalue weighted by molar-refractivity contribution is -0.144. The third-order valence-electron chi connectivity index (χ3n) is 3.86. The molecule has 2 heterocycles. The first-order valence-corrected chi connectivity index (χ1v) is 8.52. The normalized spacial score (nSPS) is 21.4. The predicted octanol–water partition coefficient (Wildman–Crippen LogP) is 2.95. The van der Waals surface area contributed by atoms with Crippen LogP contribution in [0.4, 0.5) is 0 Å². The van der Waals surface area contributed by atoms with Gasteiger partial charge in [0.25, 0.3) is 0 Å². The first-order valence-electron chi connectivity index (χ1n) is 7.73. The van der Waals surface area contributed by atoms with Gasteiger partial charge in [-0.1, -0.05) is 28.1 Å². The molecule has 0 radical (unpaired) electrons. The van der Waals surface area contributed by atoms with E-state index < -0.39 is 0 Å². The smallest absolute Gasteiger partial charge is 0.244 e. The maximum absolute atomic E-state index is 12.5. The summed E-state index contributed by atoms with van der Waals surface area (Å²) in [7, 11) is 0. The van der Waals surface area contributed by atoms with E-state index in [1.54, 1.807) is 10.9 Å². The van der Waals surface area contributed by atoms with E-state index in [0.29, 0.717) is 13.1 Å². The topological polar surface area (TPSA) is 47.4 Å². The Morgan fingerprint density at radius 2 is 2.04 bits per heavy atom. The molecule has 1 aromatic carbocycles. The van der Waals surface area contributed by atoms with Crippen LogP contribution < -0.4 is 0 Å². The fourth-order valence-corrected chi connectivity index (χ4v) is 3.29. The van der Waals surface area contributed by atoms with E-state index in [0.717, 1.165) is 15.6 Å². The molecule has 1 aromatic heterocycles. The molecule has 0 saturated carbocycles. The van der Waals surface area contributed by atoms with Crippen molar-refractivity contribution in [2.75, 3.05) is 13.1 Å². The highest BCUT2D eigenvalue weighted by molar-refractivity contribution is 9.10. The van der Waals surface area contributed by atoms with E-state index in [9.17, 15) is 4.79 Å². The molecule has 1 fully saturated rings. The number of hydrogen-bond donors (Lipinski definition) is 0. The van der Waals surface area contributed by atoms with Gasteiger partial charge < -0.3 is 9.64 Å². The third kappa shape index (κ3) is 4.00. The summed E-state index contributed by atoms with van der Waals surface area (Å²) < 4.78 is 8.39. The molecular formula is C17H20BrN3O2. The van der Waals surface area contributed by atoms with Gasteiger partial charge in [-0.25, -0.2) is 0 Å². The number of hydrogen-bond acceptors (Lipinski definition) is 3. The maximum atomic E-state index is 12.5. The van der Waals surface area contributed by atoms with Crippen molar-refractivity contribution >= 4 is 21.8 Å². The van der Waals surface area contributed by atoms with Crippen molar-refractivity contribution in [3.63, 3.8) is 0 Å². The molecular weight excluding hydrogens is 358 g/mol. The number of rotatable bonds is 3. The summed E-state index contributed by atoms with van der Waals surface area (Å²) >= 11 is 3.47. The molecule has 0 spiro atoms. The zero-order chi connectivity index (χ0) is 16.4. The van der Waals surface area contributed by atoms with Crippen LogP contribution in [-0.4, -0.2) is 45.9 Å². The number of carbonyl (C=O) groups excluding carboxylic acids is 1. The molecule has 1 saturated heterocycles. The Bertz CT molecular complexity index is 691. The van der Waals surface area contributed by atoms with Crippen LogP contribution in [-0.2, 0) is 16.1 Å². The zero-order valence-electron chi connectivity index (χ0n) is 13.3. The largest absolute Gasteiger partial charge is 0.372 e. The monoisotopic (exact) mass is 377 g/mol. The van der Waals surface area contributed by atoms with Crippen molar-refractivity contribution in [1.82, 2.24) is 14.7 Å². The van der Waals surface area contributed by atoms with Crippen molar-refractivity contribution in [2.24, 2.45) is 0 Å². The minimum atomic E-state index is 0.0795. The fraction of sp³-hybridized carbons (Fsp3) is 0.412. The van der Waals surface area contributed by atoms with Crippen LogP contribution in [0.15, 0.2) is 41.1 Å². The van der Waals surface area contributed by atoms with Crippen LogP contribution in [0.25, 0.3) is 11.1 Å². The molecule has 6 heteroatoms. The first kappa shape index (κ1) is 16.2. The fourth-order valence-electron chi connectivity index (χ4n) is 2.89. The van der Waals surface area contributed by atoms with Gasteiger partial charge in [0.15, 0.2) is 0 Å². The van der Waals surface area contributed by atoms with Gasteiger partial charge in [-0.3, -0.25) is 9.48 Å². The van der Waals surface area contributed by atoms with E-state index in [-0.39, 0.29) is 24.7 Å². The summed E-state index contributed by atoms with van der Waals surface area (Å²) in [5.41, 5.74) is 2.08. The lowest BCUT2D eigenvalue weighted by Crippen LogP contribution is -2.49. The molecule has 1 amide bonds. The second kappa shape index (κ2) is 6.84. The highest BCUT2D eigenvalue weighted by Crippen LogP contribution is 2.22. The van der Waals surface area contributed by atoms with Gasteiger partial charge in [-0.05, 0) is 31.5 Å². The van der Waals surface area contributed by atoms with Crippen LogP contribution in [0.2, 0.25) is 0 Å². The first-order chi connectivity index (χ1) is 11.0. The average molecular weight is 378 g/mol. The minimum absolute atomic E-state index is 0.0795. The molecule has 23 heavy (non-hydrogen) atoms. The van der Waals surface area contributed by atoms with E-state index >= 15 is 0 Å². The number of benzene rings is 1. The van der Waals surface area contributed by atoms with Crippen molar-refractivity contribution in [3.8, 4) is 11.1 Å². The van der Waals surface area contributed by atoms with Crippen LogP contribution in [0.3, 0.4) is 0 Å². The van der Waals surface area contributed by atoms with Gasteiger partial charge in [-0.15, -0.1) is 0 Å². The molecule has 1 aliphatic rings. The summed E-state index contributed by atoms with van der Waals surface area (Å²) in [5.74, 6) is 0.0795. The number of amides is 1. The highest BCUT2D eigenvalue weighted by Gasteiger charge is 2.25. The van der Waals surface area contributed by atoms with Crippen molar-refractivity contribution in [2.45, 2.75) is 32.6 Å². The summed E-state index contributed by atoms with van der Waals surface area (Å²) in [5, 5.41) is 4.32. The summed E-state index contributed by atoms with van der Waals surface area (Å²) in [4.78, 5) is 14.3. The maximum Gasteiger partial charge on any atom is 0.244 e. The second-order valence-corrected chi connectivity index (χ2v) is 6.91. The molecule has 2 atom stereocenters. The van der Waals surface area contributed by atoms with Crippen molar-refractivity contribution in [3.05, 3.63) is 41.1 Å². The van der Waals surface area contributed by atoms with Crippen LogP contribution >= 0.6 is 15.9 Å². The Morgan fingerprint density at radius 3 is 2.74 bits per heavy atom. The number of nitrogens with zero attached hydrogens (tertiary/aromatic N) is 3. The van der Waals surface area contributed by atoms with Gasteiger partial charge in [0, 0.05) is 29.3 Å². The van der Waals surface area contributed by atoms with Crippen LogP contribution in [0, 0.1) is 0 Å². The van der Waals surface area contributed by atoms with Crippen molar-refractivity contribution < 1.29 is 9.53 Å². The Balaban J connectivity index is 1.68. The van der Waals surface area contributed by atoms with Gasteiger partial charge in [0.05, 0.1) is 18.4 Å². The Kier molecular flexibility index (Phi) is 4.82. The van der Waals surface area contributed by atoms with E-state index in [1.165, 1.54) is 0 Å². The van der Waals surface area contributed by atoms with E-state index in [4.69, 9.17) is 4.74 Å². The van der Waals surface area contributed by atoms with E-state index in [1.807, 2.05) is 49.2 Å². The molecule has 0 bridgehead atoms. The molecule has 0 N–H and O–H groups in total. The number of carbonyl (C=O) groups is 1. The molecule has 0 aliphatic carbocycles. The van der Waals surface area contributed by atoms with Crippen molar-refractivity contribution in [1.29, 1.82) is 0 Å². The third-order valence-corrected chi connectivity index (χ3v) is 4.35. The van der Waals surface area contributed by atoms with E-state index in [2.05, 4.69) is 21.0 Å². The van der Waals surface area contributed by atoms with Crippen LogP contribution in [0.5, 0.6) is 0 Å². The zero-order valence-corrected chi connectivity index (χ0v) is 14.9. The predicted molar refractivity (Wildman–Crippen MR) is 92.0 cm³/mol. The van der Waals surface area contributed by atoms with Crippen LogP contribution in [0.1, 0.15) is 13.8 Å². The Hall–Kier alpha value is -1.66. The SMILES string of the molecule is C[C@H]1CN(C(=O)Cn2cc(-c3cccc(Br)c3)cn2)C[C@H](C)O1. The molecule has 0 unspecified atom stereocenters. The van der Waals surface area contributed by atoms with Gasteiger partial charge in [0.1, 0.15) is 6.54 Å². The second-order valence-electron chi connectivity index (χ2n) is 5.99. The lowest BCUT2D eigenvalue weighted by Gasteiger charge is -2.35. The molecule has 122 valence electrons. The number of halogens is 1. The highest BCUT2D eigenvalue weighted by atomic mass is 79.9. The minimum Gasteiger partial charge on any atom is -0.372 e. The quantitative estimate of drug-likeness (QED) is 0.825. The number of aromatic nitrogens is 2.